The molecular formula is C15H27NO4. The molecule has 116 valence electrons. The van der Waals surface area contributed by atoms with Gasteiger partial charge in [0, 0.05) is 13.1 Å². The van der Waals surface area contributed by atoms with Gasteiger partial charge in [0.25, 0.3) is 0 Å². The van der Waals surface area contributed by atoms with Crippen LogP contribution >= 0.6 is 0 Å². The van der Waals surface area contributed by atoms with Crippen molar-refractivity contribution in [1.82, 2.24) is 4.90 Å². The van der Waals surface area contributed by atoms with Gasteiger partial charge in [-0.05, 0) is 46.0 Å². The third-order valence-electron chi connectivity index (χ3n) is 3.56. The number of ether oxygens (including phenoxy) is 2. The van der Waals surface area contributed by atoms with Crippen molar-refractivity contribution >= 4 is 12.1 Å². The topological polar surface area (TPSA) is 55.8 Å². The molecule has 1 aliphatic rings. The van der Waals surface area contributed by atoms with E-state index in [0.29, 0.717) is 19.0 Å². The van der Waals surface area contributed by atoms with Gasteiger partial charge in [0.1, 0.15) is 5.60 Å². The molecule has 1 heterocycles. The lowest BCUT2D eigenvalue weighted by molar-refractivity contribution is -0.145. The van der Waals surface area contributed by atoms with Gasteiger partial charge in [-0.15, -0.1) is 0 Å². The van der Waals surface area contributed by atoms with Crippen LogP contribution in [-0.4, -0.2) is 42.8 Å². The number of hydrogen-bond donors (Lipinski definition) is 0. The Morgan fingerprint density at radius 2 is 1.80 bits per heavy atom. The van der Waals surface area contributed by atoms with Crippen molar-refractivity contribution in [2.24, 2.45) is 11.8 Å². The fourth-order valence-corrected chi connectivity index (χ4v) is 2.48. The fraction of sp³-hybridized carbons (Fsp3) is 0.867. The van der Waals surface area contributed by atoms with Crippen LogP contribution in [0.15, 0.2) is 0 Å². The van der Waals surface area contributed by atoms with Crippen molar-refractivity contribution in [2.45, 2.75) is 52.6 Å². The zero-order valence-electron chi connectivity index (χ0n) is 13.3. The molecule has 1 saturated heterocycles. The minimum Gasteiger partial charge on any atom is -0.469 e. The quantitative estimate of drug-likeness (QED) is 0.748. The third kappa shape index (κ3) is 5.39. The summed E-state index contributed by atoms with van der Waals surface area (Å²) in [6.07, 6.45) is 2.42. The molecule has 1 atom stereocenters. The number of carbonyl (C=O) groups excluding carboxylic acids is 2. The number of esters is 1. The van der Waals surface area contributed by atoms with Gasteiger partial charge < -0.3 is 14.4 Å². The molecule has 1 rings (SSSR count). The van der Waals surface area contributed by atoms with Gasteiger partial charge in [-0.3, -0.25) is 4.79 Å². The highest BCUT2D eigenvalue weighted by Gasteiger charge is 2.28. The van der Waals surface area contributed by atoms with Crippen LogP contribution in [0.4, 0.5) is 4.79 Å². The molecule has 0 N–H and O–H groups in total. The Bertz CT molecular complexity index is 340. The van der Waals surface area contributed by atoms with E-state index >= 15 is 0 Å². The maximum atomic E-state index is 11.9. The number of likely N-dealkylation sites (tertiary alicyclic amines) is 1. The molecule has 0 aromatic carbocycles. The molecule has 5 nitrogen and oxygen atoms in total. The highest BCUT2D eigenvalue weighted by atomic mass is 16.6. The van der Waals surface area contributed by atoms with E-state index in [0.717, 1.165) is 19.3 Å². The van der Waals surface area contributed by atoms with Crippen LogP contribution in [0.5, 0.6) is 0 Å². The number of nitrogens with zero attached hydrogens (tertiary/aromatic N) is 1. The van der Waals surface area contributed by atoms with Gasteiger partial charge in [0.15, 0.2) is 0 Å². The molecule has 5 heteroatoms. The number of rotatable bonds is 3. The highest BCUT2D eigenvalue weighted by Crippen LogP contribution is 2.25. The first kappa shape index (κ1) is 16.8. The van der Waals surface area contributed by atoms with Crippen LogP contribution in [-0.2, 0) is 14.3 Å². The van der Waals surface area contributed by atoms with Gasteiger partial charge >= 0.3 is 12.1 Å². The van der Waals surface area contributed by atoms with Crippen molar-refractivity contribution in [1.29, 1.82) is 0 Å². The monoisotopic (exact) mass is 285 g/mol. The van der Waals surface area contributed by atoms with E-state index in [1.165, 1.54) is 7.11 Å². The zero-order valence-corrected chi connectivity index (χ0v) is 13.3. The predicted molar refractivity (Wildman–Crippen MR) is 76.3 cm³/mol. The first-order chi connectivity index (χ1) is 9.23. The molecular weight excluding hydrogens is 258 g/mol. The molecule has 20 heavy (non-hydrogen) atoms. The van der Waals surface area contributed by atoms with Gasteiger partial charge in [-0.1, -0.05) is 6.92 Å². The van der Waals surface area contributed by atoms with Crippen LogP contribution in [0, 0.1) is 11.8 Å². The summed E-state index contributed by atoms with van der Waals surface area (Å²) in [5, 5.41) is 0. The Morgan fingerprint density at radius 1 is 1.25 bits per heavy atom. The fourth-order valence-electron chi connectivity index (χ4n) is 2.48. The number of amides is 1. The second-order valence-electron chi connectivity index (χ2n) is 6.57. The average Bonchev–Trinajstić information content (AvgIpc) is 2.36. The summed E-state index contributed by atoms with van der Waals surface area (Å²) in [4.78, 5) is 25.1. The Morgan fingerprint density at radius 3 is 2.25 bits per heavy atom. The summed E-state index contributed by atoms with van der Waals surface area (Å²) in [5.74, 6) is 0.250. The number of piperidine rings is 1. The lowest BCUT2D eigenvalue weighted by atomic mass is 9.88. The zero-order chi connectivity index (χ0) is 15.3. The normalized spacial score (nSPS) is 18.6. The Kier molecular flexibility index (Phi) is 5.84. The van der Waals surface area contributed by atoms with E-state index in [1.54, 1.807) is 4.90 Å². The number of hydrogen-bond acceptors (Lipinski definition) is 4. The first-order valence-electron chi connectivity index (χ1n) is 7.28. The molecule has 1 aliphatic heterocycles. The van der Waals surface area contributed by atoms with E-state index in [4.69, 9.17) is 9.47 Å². The van der Waals surface area contributed by atoms with E-state index < -0.39 is 5.60 Å². The molecule has 0 aliphatic carbocycles. The molecule has 1 fully saturated rings. The first-order valence-corrected chi connectivity index (χ1v) is 7.28. The average molecular weight is 285 g/mol. The smallest absolute Gasteiger partial charge is 0.410 e. The third-order valence-corrected chi connectivity index (χ3v) is 3.56. The van der Waals surface area contributed by atoms with Crippen LogP contribution in [0.2, 0.25) is 0 Å². The van der Waals surface area contributed by atoms with Crippen LogP contribution in [0.1, 0.15) is 47.0 Å². The summed E-state index contributed by atoms with van der Waals surface area (Å²) in [6, 6.07) is 0. The van der Waals surface area contributed by atoms with Crippen LogP contribution < -0.4 is 0 Å². The summed E-state index contributed by atoms with van der Waals surface area (Å²) in [7, 11) is 1.42. The Hall–Kier alpha value is -1.26. The number of methoxy groups -OCH3 is 1. The highest BCUT2D eigenvalue weighted by molar-refractivity contribution is 5.71. The summed E-state index contributed by atoms with van der Waals surface area (Å²) < 4.78 is 10.1. The SMILES string of the molecule is COC(=O)C(C)CC1CCN(C(=O)OC(C)(C)C)CC1. The summed E-state index contributed by atoms with van der Waals surface area (Å²) in [6.45, 7) is 8.91. The number of carbonyl (C=O) groups is 2. The molecule has 0 bridgehead atoms. The van der Waals surface area contributed by atoms with Crippen molar-refractivity contribution in [3.63, 3.8) is 0 Å². The van der Waals surface area contributed by atoms with E-state index in [9.17, 15) is 9.59 Å². The molecule has 0 aromatic heterocycles. The Labute approximate surface area is 121 Å². The maximum absolute atomic E-state index is 11.9. The molecule has 0 saturated carbocycles. The van der Waals surface area contributed by atoms with Gasteiger partial charge in [0.05, 0.1) is 13.0 Å². The molecule has 0 aromatic rings. The Balaban J connectivity index is 2.36. The second kappa shape index (κ2) is 6.95. The minimum absolute atomic E-state index is 0.0712. The maximum Gasteiger partial charge on any atom is 0.410 e. The van der Waals surface area contributed by atoms with Crippen LogP contribution in [0.3, 0.4) is 0 Å². The molecule has 0 radical (unpaired) electrons. The van der Waals surface area contributed by atoms with Crippen LogP contribution in [0.25, 0.3) is 0 Å². The summed E-state index contributed by atoms with van der Waals surface area (Å²) in [5.41, 5.74) is -0.451. The standard InChI is InChI=1S/C15H27NO4/c1-11(13(17)19-5)10-12-6-8-16(9-7-12)14(18)20-15(2,3)4/h11-12H,6-10H2,1-5H3. The van der Waals surface area contributed by atoms with Crippen molar-refractivity contribution in [3.05, 3.63) is 0 Å². The van der Waals surface area contributed by atoms with Crippen molar-refractivity contribution in [2.75, 3.05) is 20.2 Å². The van der Waals surface area contributed by atoms with Crippen molar-refractivity contribution < 1.29 is 19.1 Å². The summed E-state index contributed by atoms with van der Waals surface area (Å²) >= 11 is 0. The van der Waals surface area contributed by atoms with Gasteiger partial charge in [0.2, 0.25) is 0 Å². The largest absolute Gasteiger partial charge is 0.469 e. The predicted octanol–water partition coefficient (Wildman–Crippen LogP) is 2.83. The van der Waals surface area contributed by atoms with Gasteiger partial charge in [-0.2, -0.15) is 0 Å². The molecule has 1 amide bonds. The lowest BCUT2D eigenvalue weighted by Gasteiger charge is -2.34. The molecule has 0 spiro atoms. The van der Waals surface area contributed by atoms with Gasteiger partial charge in [-0.25, -0.2) is 4.79 Å². The van der Waals surface area contributed by atoms with Crippen molar-refractivity contribution in [3.8, 4) is 0 Å². The van der Waals surface area contributed by atoms with E-state index in [2.05, 4.69) is 0 Å². The second-order valence-corrected chi connectivity index (χ2v) is 6.57. The lowest BCUT2D eigenvalue weighted by Crippen LogP contribution is -2.42. The van der Waals surface area contributed by atoms with E-state index in [1.807, 2.05) is 27.7 Å². The van der Waals surface area contributed by atoms with E-state index in [-0.39, 0.29) is 18.0 Å². The minimum atomic E-state index is -0.451. The molecule has 1 unspecified atom stereocenters.